The van der Waals surface area contributed by atoms with Crippen molar-refractivity contribution < 1.29 is 18.3 Å². The summed E-state index contributed by atoms with van der Waals surface area (Å²) in [6.45, 7) is 0.164. The summed E-state index contributed by atoms with van der Waals surface area (Å²) in [6, 6.07) is 0. The van der Waals surface area contributed by atoms with Gasteiger partial charge in [0.1, 0.15) is 5.78 Å². The number of rotatable bonds is 2. The number of nitrogens with two attached hydrogens (primary N) is 1. The van der Waals surface area contributed by atoms with Gasteiger partial charge in [0.25, 0.3) is 0 Å². The van der Waals surface area contributed by atoms with E-state index in [9.17, 15) is 18.3 Å². The van der Waals surface area contributed by atoms with E-state index in [1.807, 2.05) is 0 Å². The molecule has 1 aliphatic heterocycles. The second-order valence-corrected chi connectivity index (χ2v) is 7.58. The Kier molecular flexibility index (Phi) is 3.08. The number of hydrogen-bond donors (Lipinski definition) is 2. The van der Waals surface area contributed by atoms with E-state index in [2.05, 4.69) is 0 Å². The fourth-order valence-corrected chi connectivity index (χ4v) is 5.33. The van der Waals surface area contributed by atoms with E-state index >= 15 is 0 Å². The number of ketones is 1. The standard InChI is InChI=1S/C11H19NO4S/c12-7-10(5-6-17(15,16)8-10)11(14)3-1-9(13)2-4-11/h14H,1-8,12H2. The summed E-state index contributed by atoms with van der Waals surface area (Å²) in [5, 5.41) is 10.7. The van der Waals surface area contributed by atoms with Gasteiger partial charge in [0.2, 0.25) is 0 Å². The fraction of sp³-hybridized carbons (Fsp3) is 0.909. The smallest absolute Gasteiger partial charge is 0.151 e. The number of carbonyl (C=O) groups is 1. The molecule has 0 aromatic carbocycles. The Balaban J connectivity index is 2.27. The summed E-state index contributed by atoms with van der Waals surface area (Å²) in [5.41, 5.74) is 3.90. The fourth-order valence-electron chi connectivity index (χ4n) is 3.11. The molecule has 0 aromatic rings. The Morgan fingerprint density at radius 1 is 1.24 bits per heavy atom. The molecular weight excluding hydrogens is 242 g/mol. The number of Topliss-reactive ketones (excluding diaryl/α,β-unsaturated/α-hetero) is 1. The van der Waals surface area contributed by atoms with Gasteiger partial charge >= 0.3 is 0 Å². The quantitative estimate of drug-likeness (QED) is 0.706. The van der Waals surface area contributed by atoms with Crippen molar-refractivity contribution in [1.29, 1.82) is 0 Å². The van der Waals surface area contributed by atoms with Crippen molar-refractivity contribution >= 4 is 15.6 Å². The van der Waals surface area contributed by atoms with Crippen LogP contribution < -0.4 is 5.73 Å². The molecule has 2 rings (SSSR count). The third-order valence-corrected chi connectivity index (χ3v) is 6.22. The van der Waals surface area contributed by atoms with Crippen LogP contribution in [0.15, 0.2) is 0 Å². The molecule has 1 atom stereocenters. The minimum atomic E-state index is -3.09. The molecular formula is C11H19NO4S. The molecule has 3 N–H and O–H groups in total. The van der Waals surface area contributed by atoms with E-state index in [-0.39, 0.29) is 23.8 Å². The molecule has 98 valence electrons. The Bertz CT molecular complexity index is 421. The highest BCUT2D eigenvalue weighted by Gasteiger charge is 2.55. The lowest BCUT2D eigenvalue weighted by Crippen LogP contribution is -2.55. The lowest BCUT2D eigenvalue weighted by atomic mass is 9.64. The highest BCUT2D eigenvalue weighted by Crippen LogP contribution is 2.47. The Morgan fingerprint density at radius 3 is 2.24 bits per heavy atom. The molecule has 0 bridgehead atoms. The third kappa shape index (κ3) is 2.13. The topological polar surface area (TPSA) is 97.5 Å². The van der Waals surface area contributed by atoms with Crippen LogP contribution in [-0.2, 0) is 14.6 Å². The molecule has 1 heterocycles. The second-order valence-electron chi connectivity index (χ2n) is 5.40. The first kappa shape index (κ1) is 13.0. The molecule has 6 heteroatoms. The second kappa shape index (κ2) is 4.03. The first-order valence-electron chi connectivity index (χ1n) is 5.97. The largest absolute Gasteiger partial charge is 0.389 e. The van der Waals surface area contributed by atoms with Crippen LogP contribution in [0.2, 0.25) is 0 Å². The normalized spacial score (nSPS) is 36.0. The maximum atomic E-state index is 11.6. The van der Waals surface area contributed by atoms with Crippen molar-refractivity contribution in [2.24, 2.45) is 11.1 Å². The number of hydrogen-bond acceptors (Lipinski definition) is 5. The van der Waals surface area contributed by atoms with Gasteiger partial charge in [-0.05, 0) is 19.3 Å². The third-order valence-electron chi connectivity index (χ3n) is 4.40. The molecule has 1 aliphatic carbocycles. The van der Waals surface area contributed by atoms with E-state index in [4.69, 9.17) is 5.73 Å². The van der Waals surface area contributed by atoms with Crippen LogP contribution in [0.3, 0.4) is 0 Å². The highest BCUT2D eigenvalue weighted by molar-refractivity contribution is 7.91. The summed E-state index contributed by atoms with van der Waals surface area (Å²) in [6.07, 6.45) is 1.77. The molecule has 2 aliphatic rings. The van der Waals surface area contributed by atoms with Gasteiger partial charge in [0.15, 0.2) is 9.84 Å². The Morgan fingerprint density at radius 2 is 1.82 bits per heavy atom. The molecule has 0 amide bonds. The lowest BCUT2D eigenvalue weighted by Gasteiger charge is -2.45. The van der Waals surface area contributed by atoms with Crippen LogP contribution in [-0.4, -0.2) is 43.0 Å². The van der Waals surface area contributed by atoms with E-state index in [0.29, 0.717) is 32.1 Å². The predicted molar refractivity (Wildman–Crippen MR) is 63.2 cm³/mol. The molecule has 2 fully saturated rings. The summed E-state index contributed by atoms with van der Waals surface area (Å²) in [4.78, 5) is 11.2. The van der Waals surface area contributed by atoms with Crippen LogP contribution in [0.4, 0.5) is 0 Å². The first-order valence-corrected chi connectivity index (χ1v) is 7.79. The molecule has 0 radical (unpaired) electrons. The van der Waals surface area contributed by atoms with Crippen molar-refractivity contribution in [2.45, 2.75) is 37.7 Å². The SMILES string of the molecule is NCC1(C2(O)CCC(=O)CC2)CCS(=O)(=O)C1. The summed E-state index contributed by atoms with van der Waals surface area (Å²) < 4.78 is 23.2. The first-order chi connectivity index (χ1) is 7.83. The lowest BCUT2D eigenvalue weighted by molar-refractivity contribution is -0.134. The summed E-state index contributed by atoms with van der Waals surface area (Å²) in [5.74, 6) is 0.199. The Hall–Kier alpha value is -0.460. The van der Waals surface area contributed by atoms with Gasteiger partial charge in [-0.1, -0.05) is 0 Å². The van der Waals surface area contributed by atoms with E-state index in [1.165, 1.54) is 0 Å². The van der Waals surface area contributed by atoms with Crippen molar-refractivity contribution in [3.05, 3.63) is 0 Å². The number of aliphatic hydroxyl groups is 1. The van der Waals surface area contributed by atoms with Gasteiger partial charge in [-0.25, -0.2) is 8.42 Å². The van der Waals surface area contributed by atoms with Crippen LogP contribution in [0.25, 0.3) is 0 Å². The Labute approximate surface area is 101 Å². The minimum Gasteiger partial charge on any atom is -0.389 e. The minimum absolute atomic E-state index is 0.0405. The molecule has 0 aromatic heterocycles. The van der Waals surface area contributed by atoms with Crippen LogP contribution in [0.5, 0.6) is 0 Å². The maximum absolute atomic E-state index is 11.6. The summed E-state index contributed by atoms with van der Waals surface area (Å²) >= 11 is 0. The highest BCUT2D eigenvalue weighted by atomic mass is 32.2. The maximum Gasteiger partial charge on any atom is 0.151 e. The molecule has 1 saturated carbocycles. The van der Waals surface area contributed by atoms with E-state index < -0.39 is 20.9 Å². The molecule has 1 saturated heterocycles. The zero-order chi connectivity index (χ0) is 12.7. The number of carbonyl (C=O) groups excluding carboxylic acids is 1. The van der Waals surface area contributed by atoms with Gasteiger partial charge in [0, 0.05) is 24.8 Å². The van der Waals surface area contributed by atoms with Crippen LogP contribution in [0.1, 0.15) is 32.1 Å². The zero-order valence-electron chi connectivity index (χ0n) is 9.81. The van der Waals surface area contributed by atoms with Crippen molar-refractivity contribution in [3.63, 3.8) is 0 Å². The van der Waals surface area contributed by atoms with Crippen LogP contribution >= 0.6 is 0 Å². The number of sulfone groups is 1. The van der Waals surface area contributed by atoms with Crippen LogP contribution in [0, 0.1) is 5.41 Å². The van der Waals surface area contributed by atoms with Gasteiger partial charge in [-0.15, -0.1) is 0 Å². The van der Waals surface area contributed by atoms with Gasteiger partial charge in [-0.3, -0.25) is 4.79 Å². The molecule has 17 heavy (non-hydrogen) atoms. The average Bonchev–Trinajstić information content (AvgIpc) is 2.61. The predicted octanol–water partition coefficient (Wildman–Crippen LogP) is -0.376. The molecule has 5 nitrogen and oxygen atoms in total. The molecule has 1 unspecified atom stereocenters. The average molecular weight is 261 g/mol. The zero-order valence-corrected chi connectivity index (χ0v) is 10.6. The van der Waals surface area contributed by atoms with Crippen molar-refractivity contribution in [3.8, 4) is 0 Å². The summed E-state index contributed by atoms with van der Waals surface area (Å²) in [7, 11) is -3.09. The monoisotopic (exact) mass is 261 g/mol. The van der Waals surface area contributed by atoms with Gasteiger partial charge in [-0.2, -0.15) is 0 Å². The van der Waals surface area contributed by atoms with Crippen molar-refractivity contribution in [2.75, 3.05) is 18.1 Å². The van der Waals surface area contributed by atoms with E-state index in [1.54, 1.807) is 0 Å². The van der Waals surface area contributed by atoms with Gasteiger partial charge in [0.05, 0.1) is 17.1 Å². The van der Waals surface area contributed by atoms with E-state index in [0.717, 1.165) is 0 Å². The van der Waals surface area contributed by atoms with Crippen molar-refractivity contribution in [1.82, 2.24) is 0 Å². The molecule has 0 spiro atoms. The van der Waals surface area contributed by atoms with Gasteiger partial charge < -0.3 is 10.8 Å².